The van der Waals surface area contributed by atoms with Crippen LogP contribution in [0.1, 0.15) is 26.3 Å². The molecule has 4 heteroatoms. The third-order valence-electron chi connectivity index (χ3n) is 3.31. The van der Waals surface area contributed by atoms with E-state index >= 15 is 0 Å². The van der Waals surface area contributed by atoms with Crippen LogP contribution in [0.5, 0.6) is 0 Å². The monoisotopic (exact) mass is 296 g/mol. The molecule has 0 amide bonds. The van der Waals surface area contributed by atoms with Crippen LogP contribution < -0.4 is 0 Å². The molecule has 0 bridgehead atoms. The van der Waals surface area contributed by atoms with E-state index in [1.165, 1.54) is 0 Å². The summed E-state index contributed by atoms with van der Waals surface area (Å²) in [5.74, 6) is -1.57. The Balaban J connectivity index is 2.11. The Labute approximate surface area is 125 Å². The van der Waals surface area contributed by atoms with Crippen LogP contribution in [-0.4, -0.2) is 17.3 Å². The highest BCUT2D eigenvalue weighted by molar-refractivity contribution is 6.54. The SMILES string of the molecule is O=C1C=C(C(=O)c2ccc(Cl)cc2)c2ccccc2C1=O. The molecular formula is C17H9ClO3. The van der Waals surface area contributed by atoms with Crippen molar-refractivity contribution in [2.75, 3.05) is 0 Å². The number of rotatable bonds is 2. The van der Waals surface area contributed by atoms with Gasteiger partial charge in [0, 0.05) is 27.8 Å². The van der Waals surface area contributed by atoms with Crippen LogP contribution >= 0.6 is 11.6 Å². The number of allylic oxidation sites excluding steroid dienone is 2. The van der Waals surface area contributed by atoms with Crippen LogP contribution in [0.3, 0.4) is 0 Å². The van der Waals surface area contributed by atoms with Crippen molar-refractivity contribution >= 4 is 34.5 Å². The molecule has 0 saturated heterocycles. The molecule has 102 valence electrons. The van der Waals surface area contributed by atoms with E-state index in [4.69, 9.17) is 11.6 Å². The van der Waals surface area contributed by atoms with Gasteiger partial charge in [-0.05, 0) is 29.8 Å². The summed E-state index contributed by atoms with van der Waals surface area (Å²) in [5.41, 5.74) is 1.41. The van der Waals surface area contributed by atoms with E-state index in [0.29, 0.717) is 16.1 Å². The molecule has 0 aromatic heterocycles. The van der Waals surface area contributed by atoms with Gasteiger partial charge in [0.15, 0.2) is 5.78 Å². The summed E-state index contributed by atoms with van der Waals surface area (Å²) in [5, 5.41) is 0.524. The van der Waals surface area contributed by atoms with E-state index in [0.717, 1.165) is 6.08 Å². The number of carbonyl (C=O) groups is 3. The Morgan fingerprint density at radius 2 is 1.48 bits per heavy atom. The summed E-state index contributed by atoms with van der Waals surface area (Å²) in [6.07, 6.45) is 1.11. The normalized spacial score (nSPS) is 13.7. The fourth-order valence-corrected chi connectivity index (χ4v) is 2.39. The molecule has 0 heterocycles. The average molecular weight is 297 g/mol. The fourth-order valence-electron chi connectivity index (χ4n) is 2.27. The van der Waals surface area contributed by atoms with Gasteiger partial charge in [-0.2, -0.15) is 0 Å². The summed E-state index contributed by atoms with van der Waals surface area (Å²) >= 11 is 5.80. The summed E-state index contributed by atoms with van der Waals surface area (Å²) in [6, 6.07) is 13.0. The van der Waals surface area contributed by atoms with E-state index in [1.807, 2.05) is 0 Å². The van der Waals surface area contributed by atoms with Gasteiger partial charge in [-0.3, -0.25) is 14.4 Å². The highest BCUT2D eigenvalue weighted by Crippen LogP contribution is 2.28. The Morgan fingerprint density at radius 3 is 2.14 bits per heavy atom. The number of hydrogen-bond acceptors (Lipinski definition) is 3. The number of Topliss-reactive ketones (excluding diaryl/α,β-unsaturated/α-hetero) is 2. The van der Waals surface area contributed by atoms with Gasteiger partial charge >= 0.3 is 0 Å². The zero-order chi connectivity index (χ0) is 15.0. The molecule has 2 aromatic rings. The van der Waals surface area contributed by atoms with E-state index in [9.17, 15) is 14.4 Å². The zero-order valence-electron chi connectivity index (χ0n) is 10.8. The molecule has 0 radical (unpaired) electrons. The number of ketones is 3. The first-order chi connectivity index (χ1) is 10.1. The lowest BCUT2D eigenvalue weighted by Gasteiger charge is -2.15. The predicted molar refractivity (Wildman–Crippen MR) is 79.5 cm³/mol. The molecule has 3 rings (SSSR count). The number of fused-ring (bicyclic) bond motifs is 1. The quantitative estimate of drug-likeness (QED) is 0.630. The van der Waals surface area contributed by atoms with Gasteiger partial charge in [0.2, 0.25) is 11.6 Å². The van der Waals surface area contributed by atoms with Gasteiger partial charge in [0.1, 0.15) is 0 Å². The second-order valence-corrected chi connectivity index (χ2v) is 5.07. The molecule has 0 spiro atoms. The van der Waals surface area contributed by atoms with Gasteiger partial charge in [-0.15, -0.1) is 0 Å². The minimum absolute atomic E-state index is 0.234. The summed E-state index contributed by atoms with van der Waals surface area (Å²) in [4.78, 5) is 36.2. The van der Waals surface area contributed by atoms with Crippen molar-refractivity contribution in [1.29, 1.82) is 0 Å². The number of hydrogen-bond donors (Lipinski definition) is 0. The van der Waals surface area contributed by atoms with Crippen LogP contribution in [0.15, 0.2) is 54.6 Å². The van der Waals surface area contributed by atoms with Crippen molar-refractivity contribution < 1.29 is 14.4 Å². The van der Waals surface area contributed by atoms with E-state index < -0.39 is 11.6 Å². The minimum atomic E-state index is -0.675. The highest BCUT2D eigenvalue weighted by atomic mass is 35.5. The number of halogens is 1. The van der Waals surface area contributed by atoms with Crippen LogP contribution in [0, 0.1) is 0 Å². The molecule has 2 aromatic carbocycles. The number of benzene rings is 2. The van der Waals surface area contributed by atoms with E-state index in [-0.39, 0.29) is 16.9 Å². The maximum Gasteiger partial charge on any atom is 0.233 e. The smallest absolute Gasteiger partial charge is 0.233 e. The summed E-state index contributed by atoms with van der Waals surface area (Å²) in [6.45, 7) is 0. The maximum absolute atomic E-state index is 12.6. The average Bonchev–Trinajstić information content (AvgIpc) is 2.51. The second kappa shape index (κ2) is 5.11. The molecule has 0 saturated carbocycles. The molecular weight excluding hydrogens is 288 g/mol. The van der Waals surface area contributed by atoms with Crippen molar-refractivity contribution in [3.63, 3.8) is 0 Å². The van der Waals surface area contributed by atoms with Crippen molar-refractivity contribution in [2.24, 2.45) is 0 Å². The van der Waals surface area contributed by atoms with Crippen molar-refractivity contribution in [1.82, 2.24) is 0 Å². The molecule has 1 aliphatic carbocycles. The van der Waals surface area contributed by atoms with E-state index in [2.05, 4.69) is 0 Å². The van der Waals surface area contributed by atoms with Gasteiger partial charge in [-0.1, -0.05) is 35.9 Å². The molecule has 1 aliphatic rings. The standard InChI is InChI=1S/C17H9ClO3/c18-11-7-5-10(6-8-11)16(20)14-9-15(19)17(21)13-4-2-1-3-12(13)14/h1-9H. The first kappa shape index (κ1) is 13.5. The largest absolute Gasteiger partial charge is 0.289 e. The first-order valence-corrected chi connectivity index (χ1v) is 6.66. The third-order valence-corrected chi connectivity index (χ3v) is 3.56. The molecule has 0 N–H and O–H groups in total. The highest BCUT2D eigenvalue weighted by Gasteiger charge is 2.28. The van der Waals surface area contributed by atoms with Crippen LogP contribution in [-0.2, 0) is 4.79 Å². The Kier molecular flexibility index (Phi) is 3.28. The van der Waals surface area contributed by atoms with Gasteiger partial charge < -0.3 is 0 Å². The van der Waals surface area contributed by atoms with Crippen LogP contribution in [0.4, 0.5) is 0 Å². The molecule has 3 nitrogen and oxygen atoms in total. The lowest BCUT2D eigenvalue weighted by Crippen LogP contribution is -2.21. The summed E-state index contributed by atoms with van der Waals surface area (Å²) in [7, 11) is 0. The summed E-state index contributed by atoms with van der Waals surface area (Å²) < 4.78 is 0. The minimum Gasteiger partial charge on any atom is -0.289 e. The molecule has 0 unspecified atom stereocenters. The van der Waals surface area contributed by atoms with Crippen molar-refractivity contribution in [3.05, 3.63) is 76.3 Å². The lowest BCUT2D eigenvalue weighted by atomic mass is 9.85. The van der Waals surface area contributed by atoms with Crippen molar-refractivity contribution in [3.8, 4) is 0 Å². The molecule has 0 fully saturated rings. The molecule has 0 atom stereocenters. The van der Waals surface area contributed by atoms with Gasteiger partial charge in [-0.25, -0.2) is 0 Å². The van der Waals surface area contributed by atoms with Gasteiger partial charge in [0.05, 0.1) is 0 Å². The fraction of sp³-hybridized carbons (Fsp3) is 0. The second-order valence-electron chi connectivity index (χ2n) is 4.63. The zero-order valence-corrected chi connectivity index (χ0v) is 11.6. The van der Waals surface area contributed by atoms with Gasteiger partial charge in [0.25, 0.3) is 0 Å². The Hall–Kier alpha value is -2.52. The topological polar surface area (TPSA) is 51.2 Å². The third kappa shape index (κ3) is 2.32. The number of carbonyl (C=O) groups excluding carboxylic acids is 3. The predicted octanol–water partition coefficient (Wildman–Crippen LogP) is 3.37. The molecule has 21 heavy (non-hydrogen) atoms. The van der Waals surface area contributed by atoms with Crippen LogP contribution in [0.25, 0.3) is 5.57 Å². The van der Waals surface area contributed by atoms with E-state index in [1.54, 1.807) is 48.5 Å². The van der Waals surface area contributed by atoms with Crippen LogP contribution in [0.2, 0.25) is 5.02 Å². The van der Waals surface area contributed by atoms with Crippen molar-refractivity contribution in [2.45, 2.75) is 0 Å². The maximum atomic E-state index is 12.6. The molecule has 0 aliphatic heterocycles. The Bertz CT molecular complexity index is 801. The lowest BCUT2D eigenvalue weighted by molar-refractivity contribution is -0.111. The Morgan fingerprint density at radius 1 is 0.857 bits per heavy atom. The first-order valence-electron chi connectivity index (χ1n) is 6.28.